The Morgan fingerprint density at radius 1 is 1.25 bits per heavy atom. The van der Waals surface area contributed by atoms with E-state index in [2.05, 4.69) is 0 Å². The highest BCUT2D eigenvalue weighted by atomic mass is 16.5. The predicted octanol–water partition coefficient (Wildman–Crippen LogP) is -0.0455. The number of nitrogens with two attached hydrogens (primary N) is 1. The number of methoxy groups -OCH3 is 1. The minimum absolute atomic E-state index is 0.0462. The molecule has 1 aromatic carbocycles. The van der Waals surface area contributed by atoms with Crippen LogP contribution in [0, 0.1) is 0 Å². The molecule has 2 rings (SSSR count). The van der Waals surface area contributed by atoms with Crippen molar-refractivity contribution < 1.29 is 14.3 Å². The Kier molecular flexibility index (Phi) is 4.24. The molecule has 0 unspecified atom stereocenters. The first-order valence-corrected chi connectivity index (χ1v) is 6.42. The summed E-state index contributed by atoms with van der Waals surface area (Å²) in [7, 11) is 3.22. The summed E-state index contributed by atoms with van der Waals surface area (Å²) in [6.07, 6.45) is 0. The van der Waals surface area contributed by atoms with Crippen LogP contribution in [0.1, 0.15) is 11.1 Å². The highest BCUT2D eigenvalue weighted by Gasteiger charge is 2.27. The summed E-state index contributed by atoms with van der Waals surface area (Å²) in [5, 5.41) is 0. The van der Waals surface area contributed by atoms with Gasteiger partial charge in [-0.05, 0) is 11.6 Å². The average Bonchev–Trinajstić information content (AvgIpc) is 2.44. The lowest BCUT2D eigenvalue weighted by Gasteiger charge is -2.31. The smallest absolute Gasteiger partial charge is 0.242 e. The van der Waals surface area contributed by atoms with Gasteiger partial charge in [-0.3, -0.25) is 9.59 Å². The quantitative estimate of drug-likeness (QED) is 0.837. The molecule has 6 heteroatoms. The van der Waals surface area contributed by atoms with Crippen molar-refractivity contribution in [1.82, 2.24) is 9.80 Å². The minimum Gasteiger partial charge on any atom is -0.496 e. The molecule has 0 aliphatic carbocycles. The van der Waals surface area contributed by atoms with Crippen LogP contribution in [0.15, 0.2) is 18.2 Å². The lowest BCUT2D eigenvalue weighted by molar-refractivity contribution is -0.149. The molecule has 0 aromatic heterocycles. The van der Waals surface area contributed by atoms with Crippen LogP contribution < -0.4 is 10.5 Å². The van der Waals surface area contributed by atoms with Crippen molar-refractivity contribution in [3.8, 4) is 5.75 Å². The minimum atomic E-state index is -0.0473. The molecule has 1 aliphatic rings. The van der Waals surface area contributed by atoms with Crippen LogP contribution in [-0.4, -0.2) is 48.9 Å². The molecule has 2 N–H and O–H groups in total. The van der Waals surface area contributed by atoms with E-state index in [1.54, 1.807) is 19.1 Å². The predicted molar refractivity (Wildman–Crippen MR) is 73.9 cm³/mol. The zero-order chi connectivity index (χ0) is 14.7. The molecule has 0 radical (unpaired) electrons. The molecular weight excluding hydrogens is 258 g/mol. The third kappa shape index (κ3) is 2.91. The molecule has 0 spiro atoms. The van der Waals surface area contributed by atoms with Gasteiger partial charge in [-0.1, -0.05) is 12.1 Å². The standard InChI is InChI=1S/C14H19N3O3/c1-16-8-14(19)17(9-13(16)18)7-10-3-4-11(6-15)12(5-10)20-2/h3-5H,6-9,15H2,1-2H3. The number of carbonyl (C=O) groups is 2. The molecular formula is C14H19N3O3. The summed E-state index contributed by atoms with van der Waals surface area (Å²) in [4.78, 5) is 26.6. The van der Waals surface area contributed by atoms with Crippen LogP contribution in [0.5, 0.6) is 5.75 Å². The van der Waals surface area contributed by atoms with Gasteiger partial charge < -0.3 is 20.3 Å². The van der Waals surface area contributed by atoms with Gasteiger partial charge in [-0.2, -0.15) is 0 Å². The number of carbonyl (C=O) groups excluding carboxylic acids is 2. The van der Waals surface area contributed by atoms with Gasteiger partial charge in [0.1, 0.15) is 12.3 Å². The van der Waals surface area contributed by atoms with Crippen LogP contribution in [0.3, 0.4) is 0 Å². The normalized spacial score (nSPS) is 15.8. The molecule has 1 saturated heterocycles. The molecule has 1 aliphatic heterocycles. The molecule has 0 saturated carbocycles. The molecule has 1 aromatic rings. The van der Waals surface area contributed by atoms with Crippen LogP contribution in [0.2, 0.25) is 0 Å². The van der Waals surface area contributed by atoms with Crippen molar-refractivity contribution in [2.75, 3.05) is 27.2 Å². The van der Waals surface area contributed by atoms with Crippen LogP contribution >= 0.6 is 0 Å². The molecule has 2 amide bonds. The van der Waals surface area contributed by atoms with E-state index in [1.165, 1.54) is 4.90 Å². The van der Waals surface area contributed by atoms with E-state index in [0.29, 0.717) is 18.8 Å². The van der Waals surface area contributed by atoms with Crippen molar-refractivity contribution in [3.05, 3.63) is 29.3 Å². The molecule has 108 valence electrons. The van der Waals surface area contributed by atoms with E-state index in [0.717, 1.165) is 11.1 Å². The van der Waals surface area contributed by atoms with Crippen molar-refractivity contribution in [2.24, 2.45) is 5.73 Å². The van der Waals surface area contributed by atoms with Gasteiger partial charge in [0.25, 0.3) is 0 Å². The maximum Gasteiger partial charge on any atom is 0.242 e. The van der Waals surface area contributed by atoms with Gasteiger partial charge >= 0.3 is 0 Å². The molecule has 1 fully saturated rings. The van der Waals surface area contributed by atoms with Crippen molar-refractivity contribution in [2.45, 2.75) is 13.1 Å². The Morgan fingerprint density at radius 3 is 2.65 bits per heavy atom. The van der Waals surface area contributed by atoms with Gasteiger partial charge in [-0.25, -0.2) is 0 Å². The van der Waals surface area contributed by atoms with Gasteiger partial charge in [0.05, 0.1) is 13.7 Å². The molecule has 1 heterocycles. The summed E-state index contributed by atoms with van der Waals surface area (Å²) in [5.41, 5.74) is 7.46. The van der Waals surface area contributed by atoms with Gasteiger partial charge in [-0.15, -0.1) is 0 Å². The number of benzene rings is 1. The first kappa shape index (κ1) is 14.3. The Labute approximate surface area is 118 Å². The second kappa shape index (κ2) is 5.92. The highest BCUT2D eigenvalue weighted by Crippen LogP contribution is 2.21. The monoisotopic (exact) mass is 277 g/mol. The average molecular weight is 277 g/mol. The third-order valence-electron chi connectivity index (χ3n) is 3.42. The summed E-state index contributed by atoms with van der Waals surface area (Å²) < 4.78 is 5.27. The zero-order valence-corrected chi connectivity index (χ0v) is 11.8. The number of piperazine rings is 1. The number of amides is 2. The van der Waals surface area contributed by atoms with Crippen molar-refractivity contribution in [1.29, 1.82) is 0 Å². The van der Waals surface area contributed by atoms with E-state index in [1.807, 2.05) is 18.2 Å². The lowest BCUT2D eigenvalue weighted by Crippen LogP contribution is -2.51. The van der Waals surface area contributed by atoms with E-state index < -0.39 is 0 Å². The van der Waals surface area contributed by atoms with Crippen LogP contribution in [0.25, 0.3) is 0 Å². The Bertz CT molecular complexity index is 530. The van der Waals surface area contributed by atoms with Crippen molar-refractivity contribution in [3.63, 3.8) is 0 Å². The fourth-order valence-corrected chi connectivity index (χ4v) is 2.18. The van der Waals surface area contributed by atoms with E-state index in [9.17, 15) is 9.59 Å². The Morgan fingerprint density at radius 2 is 2.00 bits per heavy atom. The second-order valence-corrected chi connectivity index (χ2v) is 4.85. The fourth-order valence-electron chi connectivity index (χ4n) is 2.18. The van der Waals surface area contributed by atoms with Crippen molar-refractivity contribution >= 4 is 11.8 Å². The third-order valence-corrected chi connectivity index (χ3v) is 3.42. The summed E-state index contributed by atoms with van der Waals surface area (Å²) in [6.45, 7) is 1.06. The zero-order valence-electron chi connectivity index (χ0n) is 11.8. The maximum atomic E-state index is 11.9. The maximum absolute atomic E-state index is 11.9. The number of nitrogens with zero attached hydrogens (tertiary/aromatic N) is 2. The largest absolute Gasteiger partial charge is 0.496 e. The SMILES string of the molecule is COc1cc(CN2CC(=O)N(C)CC2=O)ccc1CN. The van der Waals surface area contributed by atoms with E-state index >= 15 is 0 Å². The Balaban J connectivity index is 2.13. The highest BCUT2D eigenvalue weighted by molar-refractivity contribution is 5.92. The first-order valence-electron chi connectivity index (χ1n) is 6.42. The van der Waals surface area contributed by atoms with Gasteiger partial charge in [0.15, 0.2) is 0 Å². The number of ether oxygens (including phenoxy) is 1. The summed E-state index contributed by atoms with van der Waals surface area (Å²) in [6, 6.07) is 5.65. The van der Waals surface area contributed by atoms with E-state index in [4.69, 9.17) is 10.5 Å². The molecule has 6 nitrogen and oxygen atoms in total. The number of rotatable bonds is 4. The van der Waals surface area contributed by atoms with Gasteiger partial charge in [0, 0.05) is 25.7 Å². The number of likely N-dealkylation sites (N-methyl/N-ethyl adjacent to an activating group) is 1. The molecule has 0 atom stereocenters. The molecule has 0 bridgehead atoms. The molecule has 20 heavy (non-hydrogen) atoms. The first-order chi connectivity index (χ1) is 9.55. The lowest BCUT2D eigenvalue weighted by atomic mass is 10.1. The summed E-state index contributed by atoms with van der Waals surface area (Å²) >= 11 is 0. The topological polar surface area (TPSA) is 75.9 Å². The Hall–Kier alpha value is -2.08. The number of hydrogen-bond donors (Lipinski definition) is 1. The van der Waals surface area contributed by atoms with Crippen LogP contribution in [-0.2, 0) is 22.7 Å². The van der Waals surface area contributed by atoms with Gasteiger partial charge in [0.2, 0.25) is 11.8 Å². The van der Waals surface area contributed by atoms with E-state index in [-0.39, 0.29) is 24.9 Å². The second-order valence-electron chi connectivity index (χ2n) is 4.85. The summed E-state index contributed by atoms with van der Waals surface area (Å²) in [5.74, 6) is 0.613. The van der Waals surface area contributed by atoms with Crippen LogP contribution in [0.4, 0.5) is 0 Å². The number of hydrogen-bond acceptors (Lipinski definition) is 4. The fraction of sp³-hybridized carbons (Fsp3) is 0.429.